The SMILES string of the molecule is CC(C)CCNc1cncc(C(=O)Nc2ccc(Cl)c(Cl)c2)c1. The van der Waals surface area contributed by atoms with Gasteiger partial charge in [0.25, 0.3) is 5.91 Å². The molecule has 122 valence electrons. The Morgan fingerprint density at radius 3 is 2.61 bits per heavy atom. The lowest BCUT2D eigenvalue weighted by molar-refractivity contribution is 0.102. The monoisotopic (exact) mass is 351 g/mol. The van der Waals surface area contributed by atoms with Gasteiger partial charge < -0.3 is 10.6 Å². The van der Waals surface area contributed by atoms with Crippen LogP contribution in [-0.4, -0.2) is 17.4 Å². The average Bonchev–Trinajstić information content (AvgIpc) is 2.51. The predicted octanol–water partition coefficient (Wildman–Crippen LogP) is 5.10. The Bertz CT molecular complexity index is 689. The van der Waals surface area contributed by atoms with Gasteiger partial charge in [0.1, 0.15) is 0 Å². The molecule has 2 rings (SSSR count). The maximum Gasteiger partial charge on any atom is 0.257 e. The van der Waals surface area contributed by atoms with Crippen molar-refractivity contribution in [1.29, 1.82) is 0 Å². The van der Waals surface area contributed by atoms with Crippen molar-refractivity contribution in [2.24, 2.45) is 5.92 Å². The summed E-state index contributed by atoms with van der Waals surface area (Å²) in [5, 5.41) is 6.89. The summed E-state index contributed by atoms with van der Waals surface area (Å²) in [4.78, 5) is 16.4. The van der Waals surface area contributed by atoms with E-state index in [-0.39, 0.29) is 5.91 Å². The Kier molecular flexibility index (Phi) is 6.25. The molecular formula is C17H19Cl2N3O. The van der Waals surface area contributed by atoms with E-state index in [9.17, 15) is 4.79 Å². The van der Waals surface area contributed by atoms with Crippen molar-refractivity contribution in [1.82, 2.24) is 4.98 Å². The molecule has 0 saturated heterocycles. The third-order valence-electron chi connectivity index (χ3n) is 3.23. The summed E-state index contributed by atoms with van der Waals surface area (Å²) in [7, 11) is 0. The summed E-state index contributed by atoms with van der Waals surface area (Å²) in [6.07, 6.45) is 4.29. The topological polar surface area (TPSA) is 54.0 Å². The van der Waals surface area contributed by atoms with E-state index in [0.717, 1.165) is 18.7 Å². The van der Waals surface area contributed by atoms with Gasteiger partial charge in [-0.2, -0.15) is 0 Å². The minimum absolute atomic E-state index is 0.247. The molecule has 0 bridgehead atoms. The molecule has 2 N–H and O–H groups in total. The number of hydrogen-bond acceptors (Lipinski definition) is 3. The van der Waals surface area contributed by atoms with Crippen LogP contribution in [0.1, 0.15) is 30.6 Å². The number of carbonyl (C=O) groups excluding carboxylic acids is 1. The van der Waals surface area contributed by atoms with Gasteiger partial charge in [0.2, 0.25) is 0 Å². The highest BCUT2D eigenvalue weighted by Crippen LogP contribution is 2.25. The minimum Gasteiger partial charge on any atom is -0.384 e. The normalized spacial score (nSPS) is 10.7. The van der Waals surface area contributed by atoms with Crippen LogP contribution in [0, 0.1) is 5.92 Å². The van der Waals surface area contributed by atoms with Gasteiger partial charge in [0.05, 0.1) is 21.3 Å². The lowest BCUT2D eigenvalue weighted by atomic mass is 10.1. The molecule has 1 aromatic carbocycles. The number of nitrogens with zero attached hydrogens (tertiary/aromatic N) is 1. The van der Waals surface area contributed by atoms with Crippen molar-refractivity contribution < 1.29 is 4.79 Å². The number of halogens is 2. The zero-order valence-corrected chi connectivity index (χ0v) is 14.6. The van der Waals surface area contributed by atoms with Crippen molar-refractivity contribution in [3.05, 3.63) is 52.3 Å². The summed E-state index contributed by atoms with van der Waals surface area (Å²) >= 11 is 11.8. The van der Waals surface area contributed by atoms with Gasteiger partial charge >= 0.3 is 0 Å². The van der Waals surface area contributed by atoms with E-state index in [1.165, 1.54) is 6.20 Å². The molecule has 0 aliphatic rings. The summed E-state index contributed by atoms with van der Waals surface area (Å²) in [5.41, 5.74) is 1.89. The second-order valence-electron chi connectivity index (χ2n) is 5.65. The number of hydrogen-bond donors (Lipinski definition) is 2. The molecule has 0 radical (unpaired) electrons. The Hall–Kier alpha value is -1.78. The number of carbonyl (C=O) groups is 1. The lowest BCUT2D eigenvalue weighted by Gasteiger charge is -2.10. The maximum atomic E-state index is 12.3. The highest BCUT2D eigenvalue weighted by molar-refractivity contribution is 6.42. The van der Waals surface area contributed by atoms with Crippen LogP contribution in [0.3, 0.4) is 0 Å². The largest absolute Gasteiger partial charge is 0.384 e. The number of rotatable bonds is 6. The van der Waals surface area contributed by atoms with Gasteiger partial charge in [0.15, 0.2) is 0 Å². The van der Waals surface area contributed by atoms with Crippen LogP contribution in [0.5, 0.6) is 0 Å². The number of benzene rings is 1. The molecule has 1 amide bonds. The minimum atomic E-state index is -0.247. The number of amides is 1. The highest BCUT2D eigenvalue weighted by Gasteiger charge is 2.09. The van der Waals surface area contributed by atoms with Gasteiger partial charge in [-0.15, -0.1) is 0 Å². The highest BCUT2D eigenvalue weighted by atomic mass is 35.5. The first-order chi connectivity index (χ1) is 11.0. The Labute approximate surface area is 146 Å². The van der Waals surface area contributed by atoms with E-state index >= 15 is 0 Å². The van der Waals surface area contributed by atoms with Gasteiger partial charge in [-0.3, -0.25) is 9.78 Å². The number of anilines is 2. The maximum absolute atomic E-state index is 12.3. The first-order valence-corrected chi connectivity index (χ1v) is 8.16. The first kappa shape index (κ1) is 17.6. The zero-order valence-electron chi connectivity index (χ0n) is 13.1. The fraction of sp³-hybridized carbons (Fsp3) is 0.294. The molecule has 2 aromatic rings. The van der Waals surface area contributed by atoms with Crippen LogP contribution < -0.4 is 10.6 Å². The van der Waals surface area contributed by atoms with Crippen LogP contribution in [0.4, 0.5) is 11.4 Å². The molecule has 0 fully saturated rings. The molecular weight excluding hydrogens is 333 g/mol. The predicted molar refractivity (Wildman–Crippen MR) is 96.6 cm³/mol. The van der Waals surface area contributed by atoms with Crippen LogP contribution in [-0.2, 0) is 0 Å². The molecule has 0 aliphatic heterocycles. The van der Waals surface area contributed by atoms with Crippen LogP contribution in [0.25, 0.3) is 0 Å². The smallest absolute Gasteiger partial charge is 0.257 e. The zero-order chi connectivity index (χ0) is 16.8. The molecule has 6 heteroatoms. The summed E-state index contributed by atoms with van der Waals surface area (Å²) < 4.78 is 0. The second kappa shape index (κ2) is 8.18. The fourth-order valence-electron chi connectivity index (χ4n) is 1.94. The third-order valence-corrected chi connectivity index (χ3v) is 3.97. The second-order valence-corrected chi connectivity index (χ2v) is 6.47. The first-order valence-electron chi connectivity index (χ1n) is 7.41. The van der Waals surface area contributed by atoms with Crippen molar-refractivity contribution >= 4 is 40.5 Å². The van der Waals surface area contributed by atoms with Crippen molar-refractivity contribution in [2.45, 2.75) is 20.3 Å². The third kappa shape index (κ3) is 5.41. The van der Waals surface area contributed by atoms with Crippen molar-refractivity contribution in [3.63, 3.8) is 0 Å². The summed E-state index contributed by atoms with van der Waals surface area (Å²) in [5.74, 6) is 0.375. The van der Waals surface area contributed by atoms with Gasteiger partial charge in [-0.05, 0) is 36.6 Å². The number of pyridine rings is 1. The fourth-order valence-corrected chi connectivity index (χ4v) is 2.24. The van der Waals surface area contributed by atoms with E-state index in [0.29, 0.717) is 27.2 Å². The average molecular weight is 352 g/mol. The van der Waals surface area contributed by atoms with Crippen LogP contribution in [0.2, 0.25) is 10.0 Å². The summed E-state index contributed by atoms with van der Waals surface area (Å²) in [6, 6.07) is 6.73. The van der Waals surface area contributed by atoms with Gasteiger partial charge in [-0.25, -0.2) is 0 Å². The van der Waals surface area contributed by atoms with E-state index in [1.54, 1.807) is 30.5 Å². The number of aromatic nitrogens is 1. The molecule has 23 heavy (non-hydrogen) atoms. The summed E-state index contributed by atoms with van der Waals surface area (Å²) in [6.45, 7) is 5.18. The molecule has 1 aromatic heterocycles. The van der Waals surface area contributed by atoms with Crippen LogP contribution in [0.15, 0.2) is 36.7 Å². The molecule has 1 heterocycles. The molecule has 0 saturated carbocycles. The lowest BCUT2D eigenvalue weighted by Crippen LogP contribution is -2.13. The molecule has 4 nitrogen and oxygen atoms in total. The van der Waals surface area contributed by atoms with Gasteiger partial charge in [-0.1, -0.05) is 37.0 Å². The Balaban J connectivity index is 2.02. The molecule has 0 spiro atoms. The molecule has 0 atom stereocenters. The number of nitrogens with one attached hydrogen (secondary N) is 2. The van der Waals surface area contributed by atoms with E-state index < -0.39 is 0 Å². The van der Waals surface area contributed by atoms with Gasteiger partial charge in [0, 0.05) is 24.6 Å². The van der Waals surface area contributed by atoms with E-state index in [2.05, 4.69) is 29.5 Å². The molecule has 0 unspecified atom stereocenters. The van der Waals surface area contributed by atoms with E-state index in [1.807, 2.05) is 0 Å². The molecule has 0 aliphatic carbocycles. The Morgan fingerprint density at radius 1 is 1.13 bits per heavy atom. The van der Waals surface area contributed by atoms with E-state index in [4.69, 9.17) is 23.2 Å². The van der Waals surface area contributed by atoms with Crippen molar-refractivity contribution in [2.75, 3.05) is 17.2 Å². The van der Waals surface area contributed by atoms with Crippen molar-refractivity contribution in [3.8, 4) is 0 Å². The quantitative estimate of drug-likeness (QED) is 0.761. The Morgan fingerprint density at radius 2 is 1.91 bits per heavy atom. The standard InChI is InChI=1S/C17H19Cl2N3O/c1-11(2)5-6-21-14-7-12(9-20-10-14)17(23)22-13-3-4-15(18)16(19)8-13/h3-4,7-11,21H,5-6H2,1-2H3,(H,22,23). The van der Waals surface area contributed by atoms with Crippen LogP contribution >= 0.6 is 23.2 Å².